The van der Waals surface area contributed by atoms with Gasteiger partial charge in [0.05, 0.1) is 5.52 Å². The fourth-order valence-corrected chi connectivity index (χ4v) is 3.51. The third kappa shape index (κ3) is 9.12. The van der Waals surface area contributed by atoms with Crippen LogP contribution in [0.4, 0.5) is 0 Å². The Kier molecular flexibility index (Phi) is 10.9. The van der Waals surface area contributed by atoms with Crippen molar-refractivity contribution < 1.29 is 5.11 Å². The summed E-state index contributed by atoms with van der Waals surface area (Å²) in [5, 5.41) is 20.0. The van der Waals surface area contributed by atoms with E-state index in [1.165, 1.54) is 69.8 Å². The number of benzene rings is 2. The first-order valence-electron chi connectivity index (χ1n) is 11.2. The van der Waals surface area contributed by atoms with Gasteiger partial charge in [0, 0.05) is 0 Å². The molecule has 0 atom stereocenters. The molecule has 0 aliphatic rings. The molecule has 3 rings (SSSR count). The van der Waals surface area contributed by atoms with Gasteiger partial charge in [0.25, 0.3) is 0 Å². The highest BCUT2D eigenvalue weighted by atomic mass is 16.3. The number of fused-ring (bicyclic) bond motifs is 1. The highest BCUT2D eigenvalue weighted by Crippen LogP contribution is 2.21. The molecule has 0 radical (unpaired) electrons. The average Bonchev–Trinajstić information content (AvgIpc) is 3.21. The molecule has 0 amide bonds. The third-order valence-electron chi connectivity index (χ3n) is 5.27. The molecule has 4 heteroatoms. The van der Waals surface area contributed by atoms with E-state index in [1.54, 1.807) is 0 Å². The van der Waals surface area contributed by atoms with Crippen LogP contribution < -0.4 is 0 Å². The number of unbranched alkanes of at least 4 members (excludes halogenated alkanes) is 9. The molecule has 1 aromatic heterocycles. The topological polar surface area (TPSA) is 61.8 Å². The molecule has 0 aliphatic carbocycles. The summed E-state index contributed by atoms with van der Waals surface area (Å²) in [7, 11) is 0. The van der Waals surface area contributed by atoms with Gasteiger partial charge in [-0.3, -0.25) is 5.10 Å². The van der Waals surface area contributed by atoms with Crippen molar-refractivity contribution >= 4 is 11.0 Å². The van der Waals surface area contributed by atoms with Gasteiger partial charge < -0.3 is 5.11 Å². The van der Waals surface area contributed by atoms with Gasteiger partial charge in [0.15, 0.2) is 0 Å². The van der Waals surface area contributed by atoms with Crippen LogP contribution >= 0.6 is 0 Å². The summed E-state index contributed by atoms with van der Waals surface area (Å²) < 4.78 is 0. The van der Waals surface area contributed by atoms with Crippen LogP contribution in [0.15, 0.2) is 42.5 Å². The van der Waals surface area contributed by atoms with E-state index in [2.05, 4.69) is 35.3 Å². The maximum atomic E-state index is 9.78. The first kappa shape index (κ1) is 22.9. The van der Waals surface area contributed by atoms with Crippen LogP contribution in [-0.2, 0) is 6.42 Å². The summed E-state index contributed by atoms with van der Waals surface area (Å²) in [6.45, 7) is 4.35. The minimum absolute atomic E-state index is 0.464. The van der Waals surface area contributed by atoms with E-state index < -0.39 is 0 Å². The van der Waals surface area contributed by atoms with E-state index >= 15 is 0 Å². The fraction of sp³-hybridized carbons (Fsp3) is 0.520. The van der Waals surface area contributed by atoms with Gasteiger partial charge in [-0.15, -0.1) is 5.10 Å². The zero-order valence-electron chi connectivity index (χ0n) is 18.2. The van der Waals surface area contributed by atoms with E-state index in [4.69, 9.17) is 0 Å². The Balaban J connectivity index is 0.000000272. The van der Waals surface area contributed by atoms with Gasteiger partial charge in [-0.05, 0) is 43.5 Å². The number of para-hydroxylation sites is 1. The van der Waals surface area contributed by atoms with Gasteiger partial charge in [0.2, 0.25) is 0 Å². The van der Waals surface area contributed by atoms with Crippen LogP contribution in [0.2, 0.25) is 0 Å². The third-order valence-corrected chi connectivity index (χ3v) is 5.27. The van der Waals surface area contributed by atoms with Gasteiger partial charge in [0.1, 0.15) is 11.3 Å². The number of aromatic hydroxyl groups is 1. The van der Waals surface area contributed by atoms with Crippen molar-refractivity contribution in [1.82, 2.24) is 15.4 Å². The number of hydrogen-bond donors (Lipinski definition) is 2. The van der Waals surface area contributed by atoms with Crippen molar-refractivity contribution in [2.75, 3.05) is 0 Å². The number of hydrogen-bond acceptors (Lipinski definition) is 3. The molecule has 3 aromatic rings. The summed E-state index contributed by atoms with van der Waals surface area (Å²) in [6.07, 6.45) is 14.6. The molecule has 0 spiro atoms. The van der Waals surface area contributed by atoms with E-state index in [1.807, 2.05) is 36.4 Å². The number of nitrogens with zero attached hydrogens (tertiary/aromatic N) is 2. The summed E-state index contributed by atoms with van der Waals surface area (Å²) in [5.74, 6) is 0.464. The lowest BCUT2D eigenvalue weighted by Gasteiger charge is -2.06. The summed E-state index contributed by atoms with van der Waals surface area (Å²) >= 11 is 0. The normalized spacial score (nSPS) is 10.7. The monoisotopic (exact) mass is 395 g/mol. The van der Waals surface area contributed by atoms with Crippen LogP contribution in [0.1, 0.15) is 82.3 Å². The number of phenolic OH excluding ortho intramolecular Hbond substituents is 1. The molecule has 0 saturated heterocycles. The number of nitrogens with one attached hydrogen (secondary N) is 1. The number of phenols is 1. The van der Waals surface area contributed by atoms with Crippen LogP contribution in [0.3, 0.4) is 0 Å². The average molecular weight is 396 g/mol. The molecule has 29 heavy (non-hydrogen) atoms. The molecule has 1 heterocycles. The number of aromatic nitrogens is 3. The molecule has 0 bridgehead atoms. The lowest BCUT2D eigenvalue weighted by Crippen LogP contribution is -1.88. The van der Waals surface area contributed by atoms with Gasteiger partial charge >= 0.3 is 0 Å². The predicted octanol–water partition coefficient (Wildman–Crippen LogP) is 7.12. The van der Waals surface area contributed by atoms with E-state index in [9.17, 15) is 5.11 Å². The fourth-order valence-electron chi connectivity index (χ4n) is 3.51. The second-order valence-electron chi connectivity index (χ2n) is 7.89. The van der Waals surface area contributed by atoms with Gasteiger partial charge in [-0.1, -0.05) is 99.8 Å². The highest BCUT2D eigenvalue weighted by molar-refractivity contribution is 5.72. The van der Waals surface area contributed by atoms with E-state index in [0.29, 0.717) is 5.75 Å². The second kappa shape index (κ2) is 13.8. The van der Waals surface area contributed by atoms with Crippen molar-refractivity contribution in [3.63, 3.8) is 0 Å². The van der Waals surface area contributed by atoms with E-state index in [0.717, 1.165) is 23.0 Å². The van der Waals surface area contributed by atoms with Crippen LogP contribution in [0, 0.1) is 6.92 Å². The quantitative estimate of drug-likeness (QED) is 0.340. The summed E-state index contributed by atoms with van der Waals surface area (Å²) in [5.41, 5.74) is 4.25. The molecule has 0 aliphatic heterocycles. The molecule has 0 unspecified atom stereocenters. The second-order valence-corrected chi connectivity index (χ2v) is 7.89. The largest absolute Gasteiger partial charge is 0.508 e. The zero-order valence-corrected chi connectivity index (χ0v) is 18.2. The van der Waals surface area contributed by atoms with E-state index in [-0.39, 0.29) is 0 Å². The highest BCUT2D eigenvalue weighted by Gasteiger charge is 2.01. The zero-order chi connectivity index (χ0) is 20.7. The smallest absolute Gasteiger partial charge is 0.118 e. The van der Waals surface area contributed by atoms with Gasteiger partial charge in [-0.2, -0.15) is 0 Å². The summed E-state index contributed by atoms with van der Waals surface area (Å²) in [4.78, 5) is 0. The SMILES string of the molecule is CCCCCCCCCCCCc1cc(C)ccc1O.c1ccc2[nH]nnc2c1. The van der Waals surface area contributed by atoms with Crippen molar-refractivity contribution in [2.45, 2.75) is 84.5 Å². The van der Waals surface area contributed by atoms with Crippen molar-refractivity contribution in [1.29, 1.82) is 0 Å². The Morgan fingerprint density at radius 2 is 1.48 bits per heavy atom. The molecule has 158 valence electrons. The molecule has 2 N–H and O–H groups in total. The number of aryl methyl sites for hydroxylation is 2. The minimum atomic E-state index is 0.464. The Bertz CT molecular complexity index is 782. The molecule has 0 saturated carbocycles. The predicted molar refractivity (Wildman–Crippen MR) is 122 cm³/mol. The maximum Gasteiger partial charge on any atom is 0.118 e. The standard InChI is InChI=1S/C19H32O.C6H5N3/c1-3-4-5-6-7-8-9-10-11-12-13-18-16-17(2)14-15-19(18)20;1-2-4-6-5(3-1)7-9-8-6/h14-16,20H,3-13H2,1-2H3;1-4H,(H,7,8,9). The van der Waals surface area contributed by atoms with Crippen molar-refractivity contribution in [3.05, 3.63) is 53.6 Å². The van der Waals surface area contributed by atoms with Crippen LogP contribution in [0.25, 0.3) is 11.0 Å². The molecular weight excluding hydrogens is 358 g/mol. The van der Waals surface area contributed by atoms with Gasteiger partial charge in [-0.25, -0.2) is 0 Å². The number of H-pyrrole nitrogens is 1. The van der Waals surface area contributed by atoms with Crippen LogP contribution in [0.5, 0.6) is 5.75 Å². The van der Waals surface area contributed by atoms with Crippen LogP contribution in [-0.4, -0.2) is 20.5 Å². The first-order chi connectivity index (χ1) is 14.2. The number of aromatic amines is 1. The molecule has 0 fully saturated rings. The Hall–Kier alpha value is -2.36. The first-order valence-corrected chi connectivity index (χ1v) is 11.2. The lowest BCUT2D eigenvalue weighted by atomic mass is 10.0. The molecule has 2 aromatic carbocycles. The molecule has 4 nitrogen and oxygen atoms in total. The Labute approximate surface area is 175 Å². The molecular formula is C25H37N3O. The Morgan fingerprint density at radius 3 is 2.17 bits per heavy atom. The maximum absolute atomic E-state index is 9.78. The Morgan fingerprint density at radius 1 is 0.828 bits per heavy atom. The minimum Gasteiger partial charge on any atom is -0.508 e. The summed E-state index contributed by atoms with van der Waals surface area (Å²) in [6, 6.07) is 13.6. The van der Waals surface area contributed by atoms with Crippen molar-refractivity contribution in [2.24, 2.45) is 0 Å². The number of rotatable bonds is 11. The lowest BCUT2D eigenvalue weighted by molar-refractivity contribution is 0.465. The van der Waals surface area contributed by atoms with Crippen molar-refractivity contribution in [3.8, 4) is 5.75 Å².